The summed E-state index contributed by atoms with van der Waals surface area (Å²) in [4.78, 5) is 4.15. The van der Waals surface area contributed by atoms with Crippen molar-refractivity contribution in [3.05, 3.63) is 46.6 Å². The minimum absolute atomic E-state index is 0.132. The van der Waals surface area contributed by atoms with Crippen molar-refractivity contribution < 1.29 is 8.91 Å². The first-order valence-electron chi connectivity index (χ1n) is 5.70. The molecule has 1 aromatic carbocycles. The standard InChI is InChI=1S/C12H9ClFN5O/c13-8-2-1-3-9(14)6(8)4-10-17-12(20-19-10)7-5-16-18-11(7)15/h1-3,5H,4H2,(H3,15,16,18). The minimum Gasteiger partial charge on any atom is -0.383 e. The van der Waals surface area contributed by atoms with Crippen LogP contribution in [0, 0.1) is 5.82 Å². The number of hydrogen-bond donors (Lipinski definition) is 2. The van der Waals surface area contributed by atoms with E-state index in [0.29, 0.717) is 27.8 Å². The number of hydrogen-bond acceptors (Lipinski definition) is 5. The lowest BCUT2D eigenvalue weighted by Crippen LogP contribution is -1.96. The van der Waals surface area contributed by atoms with Crippen LogP contribution in [0.5, 0.6) is 0 Å². The summed E-state index contributed by atoms with van der Waals surface area (Å²) in [5.41, 5.74) is 6.48. The number of nitrogens with two attached hydrogens (primary N) is 1. The Bertz CT molecular complexity index is 734. The molecule has 0 aliphatic rings. The van der Waals surface area contributed by atoms with Crippen LogP contribution in [0.2, 0.25) is 5.02 Å². The normalized spacial score (nSPS) is 10.9. The fourth-order valence-electron chi connectivity index (χ4n) is 1.76. The third kappa shape index (κ3) is 2.23. The average Bonchev–Trinajstić information content (AvgIpc) is 3.02. The molecule has 3 N–H and O–H groups in total. The summed E-state index contributed by atoms with van der Waals surface area (Å²) in [5, 5.41) is 10.4. The predicted octanol–water partition coefficient (Wildman–Crippen LogP) is 2.43. The van der Waals surface area contributed by atoms with Crippen molar-refractivity contribution in [3.8, 4) is 11.5 Å². The molecule has 2 heterocycles. The van der Waals surface area contributed by atoms with Gasteiger partial charge in [-0.2, -0.15) is 10.1 Å². The molecule has 0 amide bonds. The van der Waals surface area contributed by atoms with E-state index in [-0.39, 0.29) is 12.3 Å². The monoisotopic (exact) mass is 293 g/mol. The fourth-order valence-corrected chi connectivity index (χ4v) is 1.99. The molecule has 0 radical (unpaired) electrons. The van der Waals surface area contributed by atoms with Crippen molar-refractivity contribution in [1.29, 1.82) is 0 Å². The van der Waals surface area contributed by atoms with Gasteiger partial charge < -0.3 is 10.3 Å². The third-order valence-electron chi connectivity index (χ3n) is 2.76. The SMILES string of the molecule is Nc1[nH]ncc1-c1nc(Cc2c(F)cccc2Cl)no1. The molecule has 3 rings (SSSR count). The smallest absolute Gasteiger partial charge is 0.263 e. The maximum absolute atomic E-state index is 13.7. The number of anilines is 1. The van der Waals surface area contributed by atoms with Crippen molar-refractivity contribution in [2.75, 3.05) is 5.73 Å². The van der Waals surface area contributed by atoms with Crippen LogP contribution in [0.1, 0.15) is 11.4 Å². The number of aromatic nitrogens is 4. The van der Waals surface area contributed by atoms with Gasteiger partial charge in [-0.3, -0.25) is 5.10 Å². The van der Waals surface area contributed by atoms with Crippen LogP contribution in [0.15, 0.2) is 28.9 Å². The second-order valence-corrected chi connectivity index (χ2v) is 4.50. The summed E-state index contributed by atoms with van der Waals surface area (Å²) in [5.74, 6) is 0.446. The lowest BCUT2D eigenvalue weighted by molar-refractivity contribution is 0.423. The summed E-state index contributed by atoms with van der Waals surface area (Å²) < 4.78 is 18.7. The number of nitrogens with one attached hydrogen (secondary N) is 1. The topological polar surface area (TPSA) is 93.6 Å². The lowest BCUT2D eigenvalue weighted by atomic mass is 10.1. The molecule has 8 heteroatoms. The molecule has 0 fully saturated rings. The predicted molar refractivity (Wildman–Crippen MR) is 70.5 cm³/mol. The minimum atomic E-state index is -0.410. The van der Waals surface area contributed by atoms with Crippen molar-refractivity contribution in [3.63, 3.8) is 0 Å². The van der Waals surface area contributed by atoms with Gasteiger partial charge in [-0.25, -0.2) is 4.39 Å². The second kappa shape index (κ2) is 4.93. The highest BCUT2D eigenvalue weighted by molar-refractivity contribution is 6.31. The van der Waals surface area contributed by atoms with Crippen LogP contribution in [0.25, 0.3) is 11.5 Å². The van der Waals surface area contributed by atoms with Crippen molar-refractivity contribution in [2.45, 2.75) is 6.42 Å². The van der Waals surface area contributed by atoms with Gasteiger partial charge in [0.2, 0.25) is 0 Å². The molecule has 0 aliphatic carbocycles. The molecule has 0 saturated heterocycles. The highest BCUT2D eigenvalue weighted by Crippen LogP contribution is 2.24. The van der Waals surface area contributed by atoms with Crippen LogP contribution in [0.4, 0.5) is 10.2 Å². The Morgan fingerprint density at radius 1 is 1.40 bits per heavy atom. The number of rotatable bonds is 3. The van der Waals surface area contributed by atoms with E-state index in [4.69, 9.17) is 21.9 Å². The second-order valence-electron chi connectivity index (χ2n) is 4.09. The van der Waals surface area contributed by atoms with E-state index >= 15 is 0 Å². The van der Waals surface area contributed by atoms with Gasteiger partial charge in [0.25, 0.3) is 5.89 Å². The molecular formula is C12H9ClFN5O. The zero-order valence-electron chi connectivity index (χ0n) is 10.1. The molecule has 0 saturated carbocycles. The van der Waals surface area contributed by atoms with E-state index in [2.05, 4.69) is 20.3 Å². The van der Waals surface area contributed by atoms with Crippen molar-refractivity contribution in [1.82, 2.24) is 20.3 Å². The van der Waals surface area contributed by atoms with Gasteiger partial charge in [0, 0.05) is 17.0 Å². The molecule has 3 aromatic rings. The first kappa shape index (κ1) is 12.6. The van der Waals surface area contributed by atoms with Gasteiger partial charge >= 0.3 is 0 Å². The zero-order chi connectivity index (χ0) is 14.1. The molecule has 0 aliphatic heterocycles. The Labute approximate surface area is 117 Å². The number of nitrogens with zero attached hydrogens (tertiary/aromatic N) is 3. The van der Waals surface area contributed by atoms with Gasteiger partial charge in [0.1, 0.15) is 17.2 Å². The number of benzene rings is 1. The number of nitrogen functional groups attached to an aromatic ring is 1. The zero-order valence-corrected chi connectivity index (χ0v) is 10.9. The summed E-state index contributed by atoms with van der Waals surface area (Å²) in [6.07, 6.45) is 1.61. The Hall–Kier alpha value is -2.41. The third-order valence-corrected chi connectivity index (χ3v) is 3.12. The molecule has 0 bridgehead atoms. The molecule has 0 atom stereocenters. The molecular weight excluding hydrogens is 285 g/mol. The summed E-state index contributed by atoms with van der Waals surface area (Å²) >= 11 is 5.95. The Kier molecular flexibility index (Phi) is 3.11. The molecule has 2 aromatic heterocycles. The number of aromatic amines is 1. The fraction of sp³-hybridized carbons (Fsp3) is 0.0833. The number of halogens is 2. The Morgan fingerprint density at radius 3 is 2.95 bits per heavy atom. The van der Waals surface area contributed by atoms with Gasteiger partial charge in [0.05, 0.1) is 6.20 Å². The van der Waals surface area contributed by atoms with E-state index in [9.17, 15) is 4.39 Å². The summed E-state index contributed by atoms with van der Waals surface area (Å²) in [7, 11) is 0. The van der Waals surface area contributed by atoms with E-state index < -0.39 is 5.82 Å². The first-order chi connectivity index (χ1) is 9.65. The van der Waals surface area contributed by atoms with Crippen molar-refractivity contribution in [2.24, 2.45) is 0 Å². The van der Waals surface area contributed by atoms with Crippen LogP contribution in [-0.4, -0.2) is 20.3 Å². The average molecular weight is 294 g/mol. The molecule has 6 nitrogen and oxygen atoms in total. The van der Waals surface area contributed by atoms with Crippen LogP contribution < -0.4 is 5.73 Å². The van der Waals surface area contributed by atoms with Gasteiger partial charge in [-0.1, -0.05) is 22.8 Å². The Morgan fingerprint density at radius 2 is 2.25 bits per heavy atom. The largest absolute Gasteiger partial charge is 0.383 e. The highest BCUT2D eigenvalue weighted by atomic mass is 35.5. The molecule has 0 unspecified atom stereocenters. The van der Waals surface area contributed by atoms with E-state index in [0.717, 1.165) is 0 Å². The van der Waals surface area contributed by atoms with Crippen LogP contribution in [-0.2, 0) is 6.42 Å². The summed E-state index contributed by atoms with van der Waals surface area (Å²) in [6, 6.07) is 4.47. The van der Waals surface area contributed by atoms with Gasteiger partial charge in [0.15, 0.2) is 5.82 Å². The van der Waals surface area contributed by atoms with Gasteiger partial charge in [-0.05, 0) is 12.1 Å². The van der Waals surface area contributed by atoms with Crippen LogP contribution in [0.3, 0.4) is 0 Å². The lowest BCUT2D eigenvalue weighted by Gasteiger charge is -2.01. The maximum atomic E-state index is 13.7. The molecule has 102 valence electrons. The van der Waals surface area contributed by atoms with E-state index in [1.165, 1.54) is 18.3 Å². The van der Waals surface area contributed by atoms with Crippen molar-refractivity contribution >= 4 is 17.4 Å². The number of H-pyrrole nitrogens is 1. The first-order valence-corrected chi connectivity index (χ1v) is 6.07. The molecule has 0 spiro atoms. The quantitative estimate of drug-likeness (QED) is 0.773. The van der Waals surface area contributed by atoms with Gasteiger partial charge in [-0.15, -0.1) is 0 Å². The highest BCUT2D eigenvalue weighted by Gasteiger charge is 2.16. The summed E-state index contributed by atoms with van der Waals surface area (Å²) in [6.45, 7) is 0. The Balaban J connectivity index is 1.90. The molecule has 20 heavy (non-hydrogen) atoms. The van der Waals surface area contributed by atoms with Crippen LogP contribution >= 0.6 is 11.6 Å². The van der Waals surface area contributed by atoms with E-state index in [1.807, 2.05) is 0 Å². The van der Waals surface area contributed by atoms with E-state index in [1.54, 1.807) is 6.07 Å². The maximum Gasteiger partial charge on any atom is 0.263 e.